The topological polar surface area (TPSA) is 74.6 Å². The number of hydrogen-bond acceptors (Lipinski definition) is 2. The third-order valence-electron chi connectivity index (χ3n) is 1.99. The summed E-state index contributed by atoms with van der Waals surface area (Å²) in [5.74, 6) is -1.69. The molecule has 1 unspecified atom stereocenters. The number of hydrogen-bond donors (Lipinski definition) is 2. The maximum Gasteiger partial charge on any atom is 0.303 e. The lowest BCUT2D eigenvalue weighted by Crippen LogP contribution is -2.05. The molecule has 0 bridgehead atoms. The molecule has 0 rings (SSSR count). The van der Waals surface area contributed by atoms with Gasteiger partial charge in [-0.2, -0.15) is 0 Å². The van der Waals surface area contributed by atoms with Gasteiger partial charge in [0.2, 0.25) is 0 Å². The molecule has 0 aliphatic rings. The van der Waals surface area contributed by atoms with E-state index in [1.165, 1.54) is 0 Å². The molecule has 14 heavy (non-hydrogen) atoms. The standard InChI is InChI=1S/C10H16O4/c1-2-8(7-10(13)14)5-3-4-6-9(11)12/h2,8H,1,3-7H2,(H,11,12)(H,13,14). The summed E-state index contributed by atoms with van der Waals surface area (Å²) in [5.41, 5.74) is 0. The van der Waals surface area contributed by atoms with Gasteiger partial charge in [0, 0.05) is 6.42 Å². The lowest BCUT2D eigenvalue weighted by Gasteiger charge is -2.08. The largest absolute Gasteiger partial charge is 0.481 e. The molecular weight excluding hydrogens is 184 g/mol. The lowest BCUT2D eigenvalue weighted by atomic mass is 9.98. The highest BCUT2D eigenvalue weighted by atomic mass is 16.4. The maximum absolute atomic E-state index is 10.4. The van der Waals surface area contributed by atoms with Crippen LogP contribution in [0.2, 0.25) is 0 Å². The fourth-order valence-electron chi connectivity index (χ4n) is 1.21. The van der Waals surface area contributed by atoms with Crippen LogP contribution in [0.3, 0.4) is 0 Å². The highest BCUT2D eigenvalue weighted by Crippen LogP contribution is 2.14. The molecule has 0 aliphatic heterocycles. The van der Waals surface area contributed by atoms with Crippen LogP contribution in [0.25, 0.3) is 0 Å². The van der Waals surface area contributed by atoms with Crippen LogP contribution in [-0.4, -0.2) is 22.2 Å². The minimum absolute atomic E-state index is 0.0405. The normalized spacial score (nSPS) is 12.0. The van der Waals surface area contributed by atoms with Crippen LogP contribution in [0, 0.1) is 5.92 Å². The molecule has 0 radical (unpaired) electrons. The zero-order valence-corrected chi connectivity index (χ0v) is 8.11. The number of unbranched alkanes of at least 4 members (excludes halogenated alkanes) is 1. The van der Waals surface area contributed by atoms with Crippen LogP contribution in [0.1, 0.15) is 32.1 Å². The third kappa shape index (κ3) is 7.34. The Morgan fingerprint density at radius 1 is 1.21 bits per heavy atom. The number of aliphatic carboxylic acids is 2. The van der Waals surface area contributed by atoms with Crippen molar-refractivity contribution in [2.45, 2.75) is 32.1 Å². The minimum Gasteiger partial charge on any atom is -0.481 e. The first-order chi connectivity index (χ1) is 6.56. The van der Waals surface area contributed by atoms with Crippen LogP contribution in [0.5, 0.6) is 0 Å². The van der Waals surface area contributed by atoms with Crippen LogP contribution >= 0.6 is 0 Å². The highest BCUT2D eigenvalue weighted by Gasteiger charge is 2.09. The fourth-order valence-corrected chi connectivity index (χ4v) is 1.21. The van der Waals surface area contributed by atoms with Gasteiger partial charge in [-0.1, -0.05) is 12.5 Å². The Hall–Kier alpha value is -1.32. The predicted molar refractivity (Wildman–Crippen MR) is 52.0 cm³/mol. The van der Waals surface area contributed by atoms with Crippen LogP contribution in [0.15, 0.2) is 12.7 Å². The van der Waals surface area contributed by atoms with Crippen molar-refractivity contribution >= 4 is 11.9 Å². The summed E-state index contributed by atoms with van der Waals surface area (Å²) in [5, 5.41) is 16.9. The Balaban J connectivity index is 3.57. The zero-order chi connectivity index (χ0) is 11.0. The molecule has 0 heterocycles. The van der Waals surface area contributed by atoms with Crippen molar-refractivity contribution < 1.29 is 19.8 Å². The van der Waals surface area contributed by atoms with E-state index in [2.05, 4.69) is 6.58 Å². The molecule has 0 spiro atoms. The fraction of sp³-hybridized carbons (Fsp3) is 0.600. The van der Waals surface area contributed by atoms with Gasteiger partial charge in [-0.25, -0.2) is 0 Å². The van der Waals surface area contributed by atoms with E-state index in [1.807, 2.05) is 0 Å². The van der Waals surface area contributed by atoms with Crippen molar-refractivity contribution in [2.24, 2.45) is 5.92 Å². The Morgan fingerprint density at radius 3 is 2.29 bits per heavy atom. The smallest absolute Gasteiger partial charge is 0.303 e. The van der Waals surface area contributed by atoms with Crippen LogP contribution in [-0.2, 0) is 9.59 Å². The minimum atomic E-state index is -0.840. The number of allylic oxidation sites excluding steroid dienone is 1. The second-order valence-corrected chi connectivity index (χ2v) is 3.23. The average molecular weight is 200 g/mol. The summed E-state index contributed by atoms with van der Waals surface area (Å²) in [6.45, 7) is 3.55. The van der Waals surface area contributed by atoms with Crippen molar-refractivity contribution in [1.82, 2.24) is 0 Å². The predicted octanol–water partition coefficient (Wildman–Crippen LogP) is 1.91. The third-order valence-corrected chi connectivity index (χ3v) is 1.99. The van der Waals surface area contributed by atoms with Crippen molar-refractivity contribution in [2.75, 3.05) is 0 Å². The summed E-state index contributed by atoms with van der Waals surface area (Å²) < 4.78 is 0. The van der Waals surface area contributed by atoms with Gasteiger partial charge >= 0.3 is 11.9 Å². The molecule has 0 saturated heterocycles. The van der Waals surface area contributed by atoms with Gasteiger partial charge in [-0.05, 0) is 18.8 Å². The molecule has 0 aromatic carbocycles. The molecule has 0 fully saturated rings. The van der Waals surface area contributed by atoms with E-state index in [9.17, 15) is 9.59 Å². The van der Waals surface area contributed by atoms with E-state index >= 15 is 0 Å². The van der Waals surface area contributed by atoms with Gasteiger partial charge in [0.1, 0.15) is 0 Å². The van der Waals surface area contributed by atoms with E-state index in [4.69, 9.17) is 10.2 Å². The summed E-state index contributed by atoms with van der Waals surface area (Å²) in [7, 11) is 0. The first-order valence-electron chi connectivity index (χ1n) is 4.62. The number of carbonyl (C=O) groups is 2. The molecular formula is C10H16O4. The summed E-state index contributed by atoms with van der Waals surface area (Å²) in [4.78, 5) is 20.5. The second-order valence-electron chi connectivity index (χ2n) is 3.23. The molecule has 4 nitrogen and oxygen atoms in total. The first-order valence-corrected chi connectivity index (χ1v) is 4.62. The Bertz CT molecular complexity index is 210. The van der Waals surface area contributed by atoms with Crippen molar-refractivity contribution in [3.8, 4) is 0 Å². The Kier molecular flexibility index (Phi) is 6.45. The van der Waals surface area contributed by atoms with Gasteiger partial charge in [0.25, 0.3) is 0 Å². The molecule has 0 saturated carbocycles. The monoisotopic (exact) mass is 200 g/mol. The van der Waals surface area contributed by atoms with E-state index in [-0.39, 0.29) is 18.8 Å². The van der Waals surface area contributed by atoms with Gasteiger partial charge in [0.05, 0.1) is 6.42 Å². The summed E-state index contributed by atoms with van der Waals surface area (Å²) in [6, 6.07) is 0. The van der Waals surface area contributed by atoms with E-state index in [0.29, 0.717) is 12.8 Å². The number of rotatable bonds is 8. The Labute approximate surface area is 83.2 Å². The summed E-state index contributed by atoms with van der Waals surface area (Å²) >= 11 is 0. The molecule has 2 N–H and O–H groups in total. The summed E-state index contributed by atoms with van der Waals surface area (Å²) in [6.07, 6.45) is 3.88. The Morgan fingerprint density at radius 2 is 1.86 bits per heavy atom. The first kappa shape index (κ1) is 12.7. The quantitative estimate of drug-likeness (QED) is 0.463. The van der Waals surface area contributed by atoms with E-state index in [1.54, 1.807) is 6.08 Å². The van der Waals surface area contributed by atoms with E-state index in [0.717, 1.165) is 6.42 Å². The number of carboxylic acid groups (broad SMARTS) is 2. The lowest BCUT2D eigenvalue weighted by molar-refractivity contribution is -0.138. The average Bonchev–Trinajstić information content (AvgIpc) is 2.09. The maximum atomic E-state index is 10.4. The molecule has 0 aromatic heterocycles. The van der Waals surface area contributed by atoms with Crippen LogP contribution < -0.4 is 0 Å². The van der Waals surface area contributed by atoms with Gasteiger partial charge in [-0.15, -0.1) is 6.58 Å². The highest BCUT2D eigenvalue weighted by molar-refractivity contribution is 5.67. The van der Waals surface area contributed by atoms with Crippen molar-refractivity contribution in [1.29, 1.82) is 0 Å². The molecule has 80 valence electrons. The molecule has 0 aliphatic carbocycles. The van der Waals surface area contributed by atoms with Gasteiger partial charge in [0.15, 0.2) is 0 Å². The molecule has 0 amide bonds. The van der Waals surface area contributed by atoms with Gasteiger partial charge < -0.3 is 10.2 Å². The molecule has 4 heteroatoms. The van der Waals surface area contributed by atoms with Crippen LogP contribution in [0.4, 0.5) is 0 Å². The van der Waals surface area contributed by atoms with Gasteiger partial charge in [-0.3, -0.25) is 9.59 Å². The van der Waals surface area contributed by atoms with E-state index < -0.39 is 11.9 Å². The zero-order valence-electron chi connectivity index (χ0n) is 8.11. The molecule has 0 aromatic rings. The van der Waals surface area contributed by atoms with Crippen molar-refractivity contribution in [3.05, 3.63) is 12.7 Å². The SMILES string of the molecule is C=CC(CCCCC(=O)O)CC(=O)O. The number of carboxylic acids is 2. The second kappa shape index (κ2) is 7.12. The molecule has 1 atom stereocenters. The van der Waals surface area contributed by atoms with Crippen molar-refractivity contribution in [3.63, 3.8) is 0 Å².